The van der Waals surface area contributed by atoms with Crippen LogP contribution in [0.15, 0.2) is 29.3 Å². The Morgan fingerprint density at radius 3 is 2.68 bits per heavy atom. The number of hydrogen-bond acceptors (Lipinski definition) is 5. The lowest BCUT2D eigenvalue weighted by Crippen LogP contribution is -2.33. The molecular weight excluding hydrogens is 363 g/mol. The van der Waals surface area contributed by atoms with Crippen molar-refractivity contribution in [3.8, 4) is 6.07 Å². The second-order valence-corrected chi connectivity index (χ2v) is 7.02. The van der Waals surface area contributed by atoms with Gasteiger partial charge in [-0.3, -0.25) is 9.69 Å². The third kappa shape index (κ3) is 4.25. The summed E-state index contributed by atoms with van der Waals surface area (Å²) in [5.41, 5.74) is 2.78. The Morgan fingerprint density at radius 2 is 2.07 bits per heavy atom. The monoisotopic (exact) mass is 386 g/mol. The van der Waals surface area contributed by atoms with E-state index < -0.39 is 18.0 Å². The van der Waals surface area contributed by atoms with Gasteiger partial charge in [0.1, 0.15) is 11.9 Å². The van der Waals surface area contributed by atoms with Gasteiger partial charge in [-0.2, -0.15) is 5.26 Å². The molecule has 1 atom stereocenters. The molecule has 3 rings (SSSR count). The zero-order chi connectivity index (χ0) is 20.3. The van der Waals surface area contributed by atoms with E-state index in [9.17, 15) is 14.0 Å². The minimum Gasteiger partial charge on any atom is -0.442 e. The number of amides is 2. The van der Waals surface area contributed by atoms with Crippen LogP contribution < -0.4 is 15.1 Å². The van der Waals surface area contributed by atoms with Gasteiger partial charge in [-0.15, -0.1) is 0 Å². The van der Waals surface area contributed by atoms with Crippen LogP contribution in [0.1, 0.15) is 26.7 Å². The lowest BCUT2D eigenvalue weighted by atomic mass is 9.99. The molecule has 0 aromatic heterocycles. The minimum atomic E-state index is -0.553. The molecule has 2 fully saturated rings. The highest BCUT2D eigenvalue weighted by molar-refractivity contribution is 5.90. The summed E-state index contributed by atoms with van der Waals surface area (Å²) in [5.74, 6) is -0.602. The molecule has 0 saturated carbocycles. The fourth-order valence-electron chi connectivity index (χ4n) is 3.49. The summed E-state index contributed by atoms with van der Waals surface area (Å²) >= 11 is 0. The summed E-state index contributed by atoms with van der Waals surface area (Å²) in [6, 6.07) is 6.89. The zero-order valence-corrected chi connectivity index (χ0v) is 16.0. The average molecular weight is 386 g/mol. The van der Waals surface area contributed by atoms with Crippen LogP contribution in [-0.2, 0) is 9.53 Å². The molecule has 1 unspecified atom stereocenters. The van der Waals surface area contributed by atoms with Crippen LogP contribution in [0.4, 0.5) is 20.6 Å². The van der Waals surface area contributed by atoms with E-state index in [0.717, 1.165) is 24.0 Å². The largest absolute Gasteiger partial charge is 0.442 e. The number of carbonyl (C=O) groups is 2. The summed E-state index contributed by atoms with van der Waals surface area (Å²) < 4.78 is 20.0. The van der Waals surface area contributed by atoms with Gasteiger partial charge in [-0.25, -0.2) is 9.18 Å². The van der Waals surface area contributed by atoms with Gasteiger partial charge in [0.2, 0.25) is 5.91 Å². The predicted molar refractivity (Wildman–Crippen MR) is 102 cm³/mol. The number of halogens is 1. The molecule has 2 aliphatic heterocycles. The van der Waals surface area contributed by atoms with Crippen LogP contribution in [0.2, 0.25) is 0 Å². The molecular formula is C20H23FN4O3. The van der Waals surface area contributed by atoms with E-state index in [2.05, 4.69) is 11.4 Å². The second-order valence-electron chi connectivity index (χ2n) is 7.02. The molecule has 28 heavy (non-hydrogen) atoms. The van der Waals surface area contributed by atoms with Crippen LogP contribution >= 0.6 is 0 Å². The highest BCUT2D eigenvalue weighted by Crippen LogP contribution is 2.30. The van der Waals surface area contributed by atoms with E-state index in [4.69, 9.17) is 10.00 Å². The number of cyclic esters (lactones) is 1. The molecule has 148 valence electrons. The zero-order valence-electron chi connectivity index (χ0n) is 16.0. The van der Waals surface area contributed by atoms with E-state index in [1.165, 1.54) is 17.9 Å². The maximum absolute atomic E-state index is 14.7. The molecule has 2 heterocycles. The van der Waals surface area contributed by atoms with Crippen LogP contribution in [0.3, 0.4) is 0 Å². The molecule has 1 aromatic carbocycles. The molecule has 7 nitrogen and oxygen atoms in total. The summed E-state index contributed by atoms with van der Waals surface area (Å²) in [6.07, 6.45) is 0.463. The molecule has 0 aliphatic carbocycles. The molecule has 2 aliphatic rings. The molecule has 0 spiro atoms. The number of piperidine rings is 1. The molecule has 1 N–H and O–H groups in total. The van der Waals surface area contributed by atoms with Gasteiger partial charge in [0, 0.05) is 25.6 Å². The van der Waals surface area contributed by atoms with Crippen molar-refractivity contribution in [3.05, 3.63) is 35.2 Å². The van der Waals surface area contributed by atoms with Gasteiger partial charge in [-0.1, -0.05) is 5.57 Å². The van der Waals surface area contributed by atoms with E-state index in [-0.39, 0.29) is 19.0 Å². The summed E-state index contributed by atoms with van der Waals surface area (Å²) in [7, 11) is 0. The maximum Gasteiger partial charge on any atom is 0.414 e. The van der Waals surface area contributed by atoms with Crippen LogP contribution in [0, 0.1) is 17.1 Å². The highest BCUT2D eigenvalue weighted by atomic mass is 19.1. The summed E-state index contributed by atoms with van der Waals surface area (Å²) in [5, 5.41) is 11.6. The number of nitriles is 1. The predicted octanol–water partition coefficient (Wildman–Crippen LogP) is 2.73. The lowest BCUT2D eigenvalue weighted by molar-refractivity contribution is -0.119. The van der Waals surface area contributed by atoms with Crippen molar-refractivity contribution < 1.29 is 18.7 Å². The lowest BCUT2D eigenvalue weighted by Gasteiger charge is -2.31. The second kappa shape index (κ2) is 8.30. The van der Waals surface area contributed by atoms with Crippen molar-refractivity contribution in [2.45, 2.75) is 32.8 Å². The first-order valence-electron chi connectivity index (χ1n) is 9.25. The number of rotatable bonds is 4. The van der Waals surface area contributed by atoms with Gasteiger partial charge in [0.25, 0.3) is 0 Å². The average Bonchev–Trinajstić information content (AvgIpc) is 3.06. The Kier molecular flexibility index (Phi) is 5.83. The Balaban J connectivity index is 1.67. The van der Waals surface area contributed by atoms with Crippen molar-refractivity contribution in [2.24, 2.45) is 0 Å². The van der Waals surface area contributed by atoms with Gasteiger partial charge in [-0.05, 0) is 38.0 Å². The van der Waals surface area contributed by atoms with Crippen molar-refractivity contribution in [2.75, 3.05) is 36.0 Å². The van der Waals surface area contributed by atoms with Crippen molar-refractivity contribution >= 4 is 23.4 Å². The van der Waals surface area contributed by atoms with Gasteiger partial charge < -0.3 is 15.0 Å². The number of allylic oxidation sites excluding steroid dienone is 1. The number of benzene rings is 1. The number of ether oxygens (including phenoxy) is 1. The van der Waals surface area contributed by atoms with Crippen molar-refractivity contribution in [1.29, 1.82) is 5.26 Å². The van der Waals surface area contributed by atoms with Crippen LogP contribution in [0.5, 0.6) is 0 Å². The maximum atomic E-state index is 14.7. The van der Waals surface area contributed by atoms with Crippen LogP contribution in [-0.4, -0.2) is 44.3 Å². The molecule has 1 aromatic rings. The molecule has 2 amide bonds. The van der Waals surface area contributed by atoms with Gasteiger partial charge >= 0.3 is 6.09 Å². The first-order valence-corrected chi connectivity index (χ1v) is 9.25. The fourth-order valence-corrected chi connectivity index (χ4v) is 3.49. The Labute approximate surface area is 163 Å². The molecule has 0 bridgehead atoms. The van der Waals surface area contributed by atoms with Gasteiger partial charge in [0.05, 0.1) is 30.5 Å². The molecule has 2 saturated heterocycles. The van der Waals surface area contributed by atoms with E-state index >= 15 is 0 Å². The Bertz CT molecular complexity index is 851. The number of nitrogens with one attached hydrogen (secondary N) is 1. The quantitative estimate of drug-likeness (QED) is 0.804. The Hall–Kier alpha value is -3.08. The van der Waals surface area contributed by atoms with Crippen molar-refractivity contribution in [1.82, 2.24) is 5.32 Å². The van der Waals surface area contributed by atoms with Crippen molar-refractivity contribution in [3.63, 3.8) is 0 Å². The summed E-state index contributed by atoms with van der Waals surface area (Å²) in [6.45, 7) is 4.98. The number of hydrogen-bond donors (Lipinski definition) is 1. The molecule has 0 radical (unpaired) electrons. The van der Waals surface area contributed by atoms with E-state index in [1.54, 1.807) is 12.1 Å². The first kappa shape index (κ1) is 19.7. The van der Waals surface area contributed by atoms with E-state index in [1.807, 2.05) is 11.8 Å². The fraction of sp³-hybridized carbons (Fsp3) is 0.450. The topological polar surface area (TPSA) is 85.7 Å². The third-order valence-corrected chi connectivity index (χ3v) is 5.10. The normalized spacial score (nSPS) is 19.3. The minimum absolute atomic E-state index is 0.200. The standard InChI is InChI=1S/C20H23FN4O3/c1-13(10-22)15-5-7-24(8-6-15)19-4-3-16(9-18(19)21)25-12-17(28-20(25)27)11-23-14(2)26/h3-4,9,17H,5-8,11-12H2,1-2H3,(H,23,26). The first-order chi connectivity index (χ1) is 13.4. The molecule has 8 heteroatoms. The number of carbonyl (C=O) groups excluding carboxylic acids is 2. The summed E-state index contributed by atoms with van der Waals surface area (Å²) in [4.78, 5) is 26.4. The van der Waals surface area contributed by atoms with E-state index in [0.29, 0.717) is 24.5 Å². The van der Waals surface area contributed by atoms with Gasteiger partial charge in [0.15, 0.2) is 0 Å². The Morgan fingerprint density at radius 1 is 1.36 bits per heavy atom. The highest BCUT2D eigenvalue weighted by Gasteiger charge is 2.33. The SMILES string of the molecule is CC(=O)NCC1CN(c2ccc(N3CCC(=C(C)C#N)CC3)c(F)c2)C(=O)O1. The number of anilines is 2. The number of nitrogens with zero attached hydrogens (tertiary/aromatic N) is 3. The van der Waals surface area contributed by atoms with Crippen LogP contribution in [0.25, 0.3) is 0 Å². The smallest absolute Gasteiger partial charge is 0.414 e. The third-order valence-electron chi connectivity index (χ3n) is 5.10.